The van der Waals surface area contributed by atoms with Crippen LogP contribution in [0.2, 0.25) is 0 Å². The van der Waals surface area contributed by atoms with Crippen molar-refractivity contribution in [2.45, 2.75) is 51.1 Å². The minimum absolute atomic E-state index is 0.0119. The Morgan fingerprint density at radius 1 is 1.09 bits per heavy atom. The summed E-state index contributed by atoms with van der Waals surface area (Å²) in [5.41, 5.74) is 3.57. The first-order valence-corrected chi connectivity index (χ1v) is 12.8. The topological polar surface area (TPSA) is 68.1 Å². The Kier molecular flexibility index (Phi) is 7.25. The van der Waals surface area contributed by atoms with Crippen molar-refractivity contribution in [2.75, 3.05) is 4.90 Å². The summed E-state index contributed by atoms with van der Waals surface area (Å²) in [4.78, 5) is 36.5. The number of para-hydroxylation sites is 1. The molecule has 0 atom stereocenters. The Morgan fingerprint density at radius 3 is 2.55 bits per heavy atom. The zero-order chi connectivity index (χ0) is 23.4. The van der Waals surface area contributed by atoms with E-state index in [2.05, 4.69) is 6.92 Å². The summed E-state index contributed by atoms with van der Waals surface area (Å²) in [6, 6.07) is 15.4. The number of hydrogen-bond donors (Lipinski definition) is 0. The average molecular weight is 479 g/mol. The van der Waals surface area contributed by atoms with Gasteiger partial charge in [-0.2, -0.15) is 0 Å². The van der Waals surface area contributed by atoms with Gasteiger partial charge in [-0.05, 0) is 42.7 Å². The minimum atomic E-state index is -0.0826. The molecule has 0 saturated carbocycles. The number of carbonyl (C=O) groups is 1. The molecule has 0 spiro atoms. The lowest BCUT2D eigenvalue weighted by Gasteiger charge is -2.18. The highest BCUT2D eigenvalue weighted by Crippen LogP contribution is 2.31. The second-order valence-corrected chi connectivity index (χ2v) is 9.43. The molecule has 0 aliphatic rings. The summed E-state index contributed by atoms with van der Waals surface area (Å²) in [5, 5.41) is 3.92. The molecule has 0 aliphatic heterocycles. The van der Waals surface area contributed by atoms with Gasteiger partial charge in [-0.15, -0.1) is 11.3 Å². The molecule has 0 fully saturated rings. The molecule has 0 bridgehead atoms. The normalized spacial score (nSPS) is 11.1. The van der Waals surface area contributed by atoms with E-state index in [-0.39, 0.29) is 11.5 Å². The lowest BCUT2D eigenvalue weighted by Crippen LogP contribution is -2.23. The maximum atomic E-state index is 13.0. The van der Waals surface area contributed by atoms with Crippen molar-refractivity contribution in [3.63, 3.8) is 0 Å². The highest BCUT2D eigenvalue weighted by molar-refractivity contribution is 7.98. The Hall–Kier alpha value is -2.97. The molecule has 8 heteroatoms. The number of aryl methyl sites for hydroxylation is 1. The second kappa shape index (κ2) is 10.3. The molecule has 0 N–H and O–H groups in total. The van der Waals surface area contributed by atoms with Crippen LogP contribution in [0.1, 0.15) is 38.4 Å². The van der Waals surface area contributed by atoms with Crippen molar-refractivity contribution in [1.82, 2.24) is 14.5 Å². The molecule has 0 unspecified atom stereocenters. The lowest BCUT2D eigenvalue weighted by atomic mass is 10.1. The largest absolute Gasteiger partial charge is 0.287 e. The Morgan fingerprint density at radius 2 is 1.85 bits per heavy atom. The van der Waals surface area contributed by atoms with E-state index in [1.165, 1.54) is 28.7 Å². The smallest absolute Gasteiger partial charge is 0.262 e. The van der Waals surface area contributed by atoms with Gasteiger partial charge < -0.3 is 0 Å². The van der Waals surface area contributed by atoms with E-state index < -0.39 is 0 Å². The van der Waals surface area contributed by atoms with Crippen LogP contribution in [-0.4, -0.2) is 20.4 Å². The summed E-state index contributed by atoms with van der Waals surface area (Å²) in [5.74, 6) is 0.478. The fourth-order valence-electron chi connectivity index (χ4n) is 3.59. The quantitative estimate of drug-likeness (QED) is 0.236. The minimum Gasteiger partial charge on any atom is -0.287 e. The van der Waals surface area contributed by atoms with Crippen LogP contribution >= 0.6 is 23.1 Å². The summed E-state index contributed by atoms with van der Waals surface area (Å²) >= 11 is 2.93. The zero-order valence-electron chi connectivity index (χ0n) is 18.9. The van der Waals surface area contributed by atoms with Crippen LogP contribution in [0.25, 0.3) is 10.9 Å². The van der Waals surface area contributed by atoms with Crippen LogP contribution in [-0.2, 0) is 23.5 Å². The van der Waals surface area contributed by atoms with Gasteiger partial charge in [0.2, 0.25) is 5.91 Å². The zero-order valence-corrected chi connectivity index (χ0v) is 20.6. The SMILES string of the molecule is CCCn1c(SCc2csc(N(C(C)=O)c3ccc(CC)cc3)n2)nc2ccccc2c1=O. The van der Waals surface area contributed by atoms with Crippen LogP contribution in [0, 0.1) is 0 Å². The van der Waals surface area contributed by atoms with Crippen molar-refractivity contribution in [3.05, 3.63) is 75.5 Å². The summed E-state index contributed by atoms with van der Waals surface area (Å²) in [6.07, 6.45) is 1.80. The lowest BCUT2D eigenvalue weighted by molar-refractivity contribution is -0.115. The van der Waals surface area contributed by atoms with Crippen molar-refractivity contribution in [3.8, 4) is 0 Å². The molecule has 170 valence electrons. The van der Waals surface area contributed by atoms with Crippen LogP contribution < -0.4 is 10.5 Å². The van der Waals surface area contributed by atoms with Gasteiger partial charge in [0.15, 0.2) is 10.3 Å². The van der Waals surface area contributed by atoms with Gasteiger partial charge in [0.25, 0.3) is 5.56 Å². The third-order valence-corrected chi connectivity index (χ3v) is 7.16. The molecule has 2 aromatic heterocycles. The fourth-order valence-corrected chi connectivity index (χ4v) is 5.50. The first-order valence-electron chi connectivity index (χ1n) is 11.0. The van der Waals surface area contributed by atoms with Crippen molar-refractivity contribution in [1.29, 1.82) is 0 Å². The molecule has 0 aliphatic carbocycles. The van der Waals surface area contributed by atoms with Crippen LogP contribution in [0.5, 0.6) is 0 Å². The van der Waals surface area contributed by atoms with Crippen LogP contribution in [0.4, 0.5) is 10.8 Å². The van der Waals surface area contributed by atoms with Gasteiger partial charge in [0.1, 0.15) is 0 Å². The number of thiazole rings is 1. The Labute approximate surface area is 201 Å². The highest BCUT2D eigenvalue weighted by atomic mass is 32.2. The first kappa shape index (κ1) is 23.2. The summed E-state index contributed by atoms with van der Waals surface area (Å²) < 4.78 is 1.75. The maximum absolute atomic E-state index is 13.0. The van der Waals surface area contributed by atoms with Crippen LogP contribution in [0.3, 0.4) is 0 Å². The molecule has 0 radical (unpaired) electrons. The number of thioether (sulfide) groups is 1. The van der Waals surface area contributed by atoms with Gasteiger partial charge in [-0.1, -0.05) is 49.9 Å². The number of carbonyl (C=O) groups excluding carboxylic acids is 1. The number of anilines is 2. The van der Waals surface area contributed by atoms with E-state index in [1.54, 1.807) is 16.4 Å². The summed E-state index contributed by atoms with van der Waals surface area (Å²) in [7, 11) is 0. The number of hydrogen-bond acceptors (Lipinski definition) is 6. The van der Waals surface area contributed by atoms with E-state index in [0.717, 1.165) is 24.2 Å². The maximum Gasteiger partial charge on any atom is 0.262 e. The van der Waals surface area contributed by atoms with Crippen LogP contribution in [0.15, 0.2) is 63.9 Å². The molecular weight excluding hydrogens is 452 g/mol. The van der Waals surface area contributed by atoms with Crippen molar-refractivity contribution >= 4 is 50.7 Å². The second-order valence-electron chi connectivity index (χ2n) is 7.65. The van der Waals surface area contributed by atoms with Gasteiger partial charge >= 0.3 is 0 Å². The molecule has 4 rings (SSSR count). The molecule has 2 aromatic carbocycles. The monoisotopic (exact) mass is 478 g/mol. The number of nitrogens with zero attached hydrogens (tertiary/aromatic N) is 4. The standard InChI is InChI=1S/C25H26N4O2S2/c1-4-14-28-23(31)21-8-6-7-9-22(21)27-24(28)32-15-19-16-33-25(26-19)29(17(3)30)20-12-10-18(5-2)11-13-20/h6-13,16H,4-5,14-15H2,1-3H3. The molecule has 2 heterocycles. The van der Waals surface area contributed by atoms with Gasteiger partial charge in [-0.25, -0.2) is 9.97 Å². The molecule has 0 saturated heterocycles. The average Bonchev–Trinajstić information content (AvgIpc) is 3.28. The number of aromatic nitrogens is 3. The van der Waals surface area contributed by atoms with Crippen molar-refractivity contribution < 1.29 is 4.79 Å². The fraction of sp³-hybridized carbons (Fsp3) is 0.280. The van der Waals surface area contributed by atoms with E-state index in [1.807, 2.05) is 60.8 Å². The van der Waals surface area contributed by atoms with Gasteiger partial charge in [0, 0.05) is 24.6 Å². The number of benzene rings is 2. The van der Waals surface area contributed by atoms with E-state index >= 15 is 0 Å². The predicted molar refractivity (Wildman–Crippen MR) is 137 cm³/mol. The van der Waals surface area contributed by atoms with E-state index in [9.17, 15) is 9.59 Å². The molecule has 4 aromatic rings. The first-order chi connectivity index (χ1) is 16.0. The Balaban J connectivity index is 1.58. The molecule has 33 heavy (non-hydrogen) atoms. The molecule has 6 nitrogen and oxygen atoms in total. The van der Waals surface area contributed by atoms with E-state index in [4.69, 9.17) is 9.97 Å². The number of rotatable bonds is 8. The third kappa shape index (κ3) is 5.02. The molecular formula is C25H26N4O2S2. The van der Waals surface area contributed by atoms with E-state index in [0.29, 0.717) is 33.5 Å². The predicted octanol–water partition coefficient (Wildman–Crippen LogP) is 5.80. The number of fused-ring (bicyclic) bond motifs is 1. The Bertz CT molecular complexity index is 1330. The number of amides is 1. The highest BCUT2D eigenvalue weighted by Gasteiger charge is 2.18. The van der Waals surface area contributed by atoms with Crippen molar-refractivity contribution in [2.24, 2.45) is 0 Å². The summed E-state index contributed by atoms with van der Waals surface area (Å²) in [6.45, 7) is 6.32. The molecule has 1 amide bonds. The third-order valence-electron chi connectivity index (χ3n) is 5.27. The van der Waals surface area contributed by atoms with Gasteiger partial charge in [-0.3, -0.25) is 19.1 Å². The van der Waals surface area contributed by atoms with Gasteiger partial charge in [0.05, 0.1) is 22.3 Å².